The van der Waals surface area contributed by atoms with E-state index in [9.17, 15) is 0 Å². The Bertz CT molecular complexity index is 672. The second-order valence-electron chi connectivity index (χ2n) is 4.12. The molecule has 0 aliphatic heterocycles. The number of hydrogen-bond acceptors (Lipinski definition) is 3. The number of nitrogens with zero attached hydrogens (tertiary/aromatic N) is 3. The molecule has 0 amide bonds. The SMILES string of the molecule is CNc1ncccc1Cn1cnc2ccccc21. The van der Waals surface area contributed by atoms with Crippen molar-refractivity contribution in [2.45, 2.75) is 6.54 Å². The highest BCUT2D eigenvalue weighted by molar-refractivity contribution is 5.75. The number of para-hydroxylation sites is 2. The zero-order valence-electron chi connectivity index (χ0n) is 10.2. The normalized spacial score (nSPS) is 10.7. The van der Waals surface area contributed by atoms with Crippen molar-refractivity contribution in [3.8, 4) is 0 Å². The zero-order chi connectivity index (χ0) is 12.4. The predicted octanol–water partition coefficient (Wildman–Crippen LogP) is 2.52. The van der Waals surface area contributed by atoms with Gasteiger partial charge in [0.05, 0.1) is 23.9 Å². The topological polar surface area (TPSA) is 42.7 Å². The molecule has 0 aliphatic carbocycles. The van der Waals surface area contributed by atoms with Crippen LogP contribution in [0, 0.1) is 0 Å². The highest BCUT2D eigenvalue weighted by Gasteiger charge is 2.05. The number of aromatic nitrogens is 3. The van der Waals surface area contributed by atoms with Crippen LogP contribution in [-0.2, 0) is 6.54 Å². The summed E-state index contributed by atoms with van der Waals surface area (Å²) in [5.74, 6) is 0.912. The minimum absolute atomic E-state index is 0.768. The third-order valence-corrected chi connectivity index (χ3v) is 3.00. The van der Waals surface area contributed by atoms with E-state index in [1.807, 2.05) is 37.6 Å². The number of fused-ring (bicyclic) bond motifs is 1. The highest BCUT2D eigenvalue weighted by Crippen LogP contribution is 2.17. The third-order valence-electron chi connectivity index (χ3n) is 3.00. The van der Waals surface area contributed by atoms with Crippen LogP contribution in [0.2, 0.25) is 0 Å². The molecule has 0 aliphatic rings. The van der Waals surface area contributed by atoms with Gasteiger partial charge in [0.1, 0.15) is 5.82 Å². The van der Waals surface area contributed by atoms with E-state index in [-0.39, 0.29) is 0 Å². The Morgan fingerprint density at radius 3 is 2.89 bits per heavy atom. The average molecular weight is 238 g/mol. The fourth-order valence-corrected chi connectivity index (χ4v) is 2.11. The molecule has 4 heteroatoms. The first kappa shape index (κ1) is 10.8. The van der Waals surface area contributed by atoms with Gasteiger partial charge >= 0.3 is 0 Å². The van der Waals surface area contributed by atoms with Crippen LogP contribution in [0.3, 0.4) is 0 Å². The summed E-state index contributed by atoms with van der Waals surface area (Å²) >= 11 is 0. The molecule has 18 heavy (non-hydrogen) atoms. The molecule has 0 saturated carbocycles. The first-order valence-corrected chi connectivity index (χ1v) is 5.90. The Morgan fingerprint density at radius 1 is 1.11 bits per heavy atom. The fraction of sp³-hybridized carbons (Fsp3) is 0.143. The van der Waals surface area contributed by atoms with Crippen LogP contribution in [0.15, 0.2) is 48.9 Å². The molecule has 0 bridgehead atoms. The molecule has 1 N–H and O–H groups in total. The maximum atomic E-state index is 4.39. The van der Waals surface area contributed by atoms with Crippen molar-refractivity contribution in [2.24, 2.45) is 0 Å². The molecule has 4 nitrogen and oxygen atoms in total. The molecular formula is C14H14N4. The molecule has 0 radical (unpaired) electrons. The van der Waals surface area contributed by atoms with E-state index in [0.29, 0.717) is 0 Å². The molecule has 2 heterocycles. The zero-order valence-corrected chi connectivity index (χ0v) is 10.2. The largest absolute Gasteiger partial charge is 0.373 e. The van der Waals surface area contributed by atoms with Crippen molar-refractivity contribution < 1.29 is 0 Å². The number of anilines is 1. The Kier molecular flexibility index (Phi) is 2.68. The van der Waals surface area contributed by atoms with Gasteiger partial charge in [0.25, 0.3) is 0 Å². The summed E-state index contributed by atoms with van der Waals surface area (Å²) in [4.78, 5) is 8.71. The van der Waals surface area contributed by atoms with Gasteiger partial charge in [0, 0.05) is 18.8 Å². The molecule has 1 aromatic carbocycles. The number of rotatable bonds is 3. The summed E-state index contributed by atoms with van der Waals surface area (Å²) in [6.07, 6.45) is 3.67. The Morgan fingerprint density at radius 2 is 2.00 bits per heavy atom. The molecule has 3 aromatic rings. The number of benzene rings is 1. The second kappa shape index (κ2) is 4.49. The van der Waals surface area contributed by atoms with E-state index in [2.05, 4.69) is 32.0 Å². The van der Waals surface area contributed by atoms with Crippen LogP contribution < -0.4 is 5.32 Å². The summed E-state index contributed by atoms with van der Waals surface area (Å²) in [6.45, 7) is 0.768. The molecule has 0 fully saturated rings. The minimum atomic E-state index is 0.768. The summed E-state index contributed by atoms with van der Waals surface area (Å²) in [6, 6.07) is 12.2. The number of pyridine rings is 1. The van der Waals surface area contributed by atoms with Crippen molar-refractivity contribution in [1.29, 1.82) is 0 Å². The van der Waals surface area contributed by atoms with Gasteiger partial charge in [0.15, 0.2) is 0 Å². The van der Waals surface area contributed by atoms with Crippen LogP contribution in [0.5, 0.6) is 0 Å². The highest BCUT2D eigenvalue weighted by atomic mass is 15.1. The maximum Gasteiger partial charge on any atom is 0.130 e. The maximum absolute atomic E-state index is 4.39. The van der Waals surface area contributed by atoms with E-state index in [0.717, 1.165) is 29.0 Å². The number of hydrogen-bond donors (Lipinski definition) is 1. The molecule has 0 saturated heterocycles. The summed E-state index contributed by atoms with van der Waals surface area (Å²) in [5, 5.41) is 3.11. The first-order valence-electron chi connectivity index (χ1n) is 5.90. The Hall–Kier alpha value is -2.36. The quantitative estimate of drug-likeness (QED) is 0.762. The van der Waals surface area contributed by atoms with Crippen molar-refractivity contribution >= 4 is 16.9 Å². The van der Waals surface area contributed by atoms with Crippen molar-refractivity contribution in [3.05, 3.63) is 54.5 Å². The molecule has 2 aromatic heterocycles. The van der Waals surface area contributed by atoms with E-state index in [4.69, 9.17) is 0 Å². The summed E-state index contributed by atoms with van der Waals surface area (Å²) in [7, 11) is 1.89. The third kappa shape index (κ3) is 1.82. The minimum Gasteiger partial charge on any atom is -0.373 e. The lowest BCUT2D eigenvalue weighted by Crippen LogP contribution is -2.03. The smallest absolute Gasteiger partial charge is 0.130 e. The molecule has 0 unspecified atom stereocenters. The molecular weight excluding hydrogens is 224 g/mol. The van der Waals surface area contributed by atoms with Gasteiger partial charge in [-0.25, -0.2) is 9.97 Å². The van der Waals surface area contributed by atoms with E-state index in [1.165, 1.54) is 0 Å². The van der Waals surface area contributed by atoms with Crippen molar-refractivity contribution in [3.63, 3.8) is 0 Å². The van der Waals surface area contributed by atoms with Crippen LogP contribution in [0.4, 0.5) is 5.82 Å². The number of imidazole rings is 1. The molecule has 3 rings (SSSR count). The lowest BCUT2D eigenvalue weighted by Gasteiger charge is -2.09. The molecule has 0 atom stereocenters. The Balaban J connectivity index is 2.01. The first-order chi connectivity index (χ1) is 8.88. The van der Waals surface area contributed by atoms with Crippen LogP contribution in [0.25, 0.3) is 11.0 Å². The van der Waals surface area contributed by atoms with Gasteiger partial charge in [-0.05, 0) is 18.2 Å². The standard InChI is InChI=1S/C14H14N4/c1-15-14-11(5-4-8-16-14)9-18-10-17-12-6-2-3-7-13(12)18/h2-8,10H,9H2,1H3,(H,15,16). The lowest BCUT2D eigenvalue weighted by molar-refractivity contribution is 0.821. The van der Waals surface area contributed by atoms with Gasteiger partial charge < -0.3 is 9.88 Å². The average Bonchev–Trinajstić information content (AvgIpc) is 2.83. The fourth-order valence-electron chi connectivity index (χ4n) is 2.11. The van der Waals surface area contributed by atoms with Crippen molar-refractivity contribution in [1.82, 2.24) is 14.5 Å². The van der Waals surface area contributed by atoms with Gasteiger partial charge in [-0.2, -0.15) is 0 Å². The van der Waals surface area contributed by atoms with E-state index < -0.39 is 0 Å². The van der Waals surface area contributed by atoms with Gasteiger partial charge in [-0.3, -0.25) is 0 Å². The lowest BCUT2D eigenvalue weighted by atomic mass is 10.2. The Labute approximate surface area is 105 Å². The monoisotopic (exact) mass is 238 g/mol. The van der Waals surface area contributed by atoms with Crippen molar-refractivity contribution in [2.75, 3.05) is 12.4 Å². The van der Waals surface area contributed by atoms with Gasteiger partial charge in [-0.15, -0.1) is 0 Å². The van der Waals surface area contributed by atoms with Crippen LogP contribution in [-0.4, -0.2) is 21.6 Å². The predicted molar refractivity (Wildman–Crippen MR) is 72.6 cm³/mol. The molecule has 0 spiro atoms. The van der Waals surface area contributed by atoms with Gasteiger partial charge in [-0.1, -0.05) is 18.2 Å². The second-order valence-corrected chi connectivity index (χ2v) is 4.12. The van der Waals surface area contributed by atoms with E-state index >= 15 is 0 Å². The summed E-state index contributed by atoms with van der Waals surface area (Å²) in [5.41, 5.74) is 3.32. The molecule has 90 valence electrons. The van der Waals surface area contributed by atoms with Crippen LogP contribution >= 0.6 is 0 Å². The summed E-state index contributed by atoms with van der Waals surface area (Å²) < 4.78 is 2.13. The van der Waals surface area contributed by atoms with Gasteiger partial charge in [0.2, 0.25) is 0 Å². The van der Waals surface area contributed by atoms with Crippen LogP contribution in [0.1, 0.15) is 5.56 Å². The number of nitrogens with one attached hydrogen (secondary N) is 1. The van der Waals surface area contributed by atoms with E-state index in [1.54, 1.807) is 6.20 Å².